The number of nitro groups is 1. The molecule has 6 N–H and O–H groups in total. The van der Waals surface area contributed by atoms with Crippen LogP contribution in [0.25, 0.3) is 5.69 Å². The predicted molar refractivity (Wildman–Crippen MR) is 182 cm³/mol. The van der Waals surface area contributed by atoms with Crippen LogP contribution < -0.4 is 16.0 Å². The molecule has 22 heteroatoms. The Kier molecular flexibility index (Phi) is 17.6. The zero-order valence-corrected chi connectivity index (χ0v) is 30.1. The maximum absolute atomic E-state index is 12.6. The molecule has 50 heavy (non-hydrogen) atoms. The van der Waals surface area contributed by atoms with Gasteiger partial charge in [0.05, 0.1) is 51.7 Å². The van der Waals surface area contributed by atoms with Crippen molar-refractivity contribution in [1.29, 1.82) is 0 Å². The maximum Gasteiger partial charge on any atom is 0.416 e. The Hall–Kier alpha value is -3.48. The molecule has 1 heterocycles. The van der Waals surface area contributed by atoms with Crippen LogP contribution in [0.4, 0.5) is 30.4 Å². The van der Waals surface area contributed by atoms with Crippen LogP contribution in [0.3, 0.4) is 0 Å². The number of carboxylic acids is 1. The number of rotatable bonds is 12. The van der Waals surface area contributed by atoms with Crippen LogP contribution in [0.1, 0.15) is 30.5 Å². The molecule has 1 unspecified atom stereocenters. The summed E-state index contributed by atoms with van der Waals surface area (Å²) in [6, 6.07) is 7.31. The molecule has 0 saturated heterocycles. The largest absolute Gasteiger partial charge is 0.480 e. The molecule has 0 saturated carbocycles. The fourth-order valence-corrected chi connectivity index (χ4v) is 5.41. The highest BCUT2D eigenvalue weighted by atomic mass is 35.5. The number of nitrogens with one attached hydrogen (secondary N) is 1. The molecule has 0 radical (unpaired) electrons. The summed E-state index contributed by atoms with van der Waals surface area (Å²) in [5.41, 5.74) is 6.99. The van der Waals surface area contributed by atoms with Gasteiger partial charge in [-0.2, -0.15) is 18.3 Å². The van der Waals surface area contributed by atoms with Crippen molar-refractivity contribution in [3.63, 3.8) is 0 Å². The number of halogens is 6. The van der Waals surface area contributed by atoms with E-state index in [1.165, 1.54) is 0 Å². The first-order valence-electron chi connectivity index (χ1n) is 14.1. The number of para-hydroxylation sites is 1. The van der Waals surface area contributed by atoms with Crippen LogP contribution in [0.5, 0.6) is 0 Å². The number of nitrogens with two attached hydrogens (primary N) is 1. The van der Waals surface area contributed by atoms with Crippen LogP contribution in [0.15, 0.2) is 36.5 Å². The first-order chi connectivity index (χ1) is 23.1. The smallest absolute Gasteiger partial charge is 0.416 e. The van der Waals surface area contributed by atoms with E-state index in [2.05, 4.69) is 23.4 Å². The number of ether oxygens (including phenoxy) is 1. The van der Waals surface area contributed by atoms with Crippen molar-refractivity contribution < 1.29 is 51.9 Å². The number of amides is 1. The molecule has 0 aliphatic heterocycles. The number of aromatic nitrogens is 2. The SMILES string of the molecule is CCc1cccc(C)c1N(C(=O)CCl)C(C)COC.Nc1c([N+](=O)[O-])cnn1-c1c(Cl)cc(C(F)(F)F)cc1Cl.O=C(O)CNCP(=O)(O)O. The zero-order chi connectivity index (χ0) is 38.6. The van der Waals surface area contributed by atoms with Gasteiger partial charge in [0.2, 0.25) is 11.7 Å². The van der Waals surface area contributed by atoms with Gasteiger partial charge in [-0.15, -0.1) is 11.6 Å². The van der Waals surface area contributed by atoms with E-state index in [9.17, 15) is 37.4 Å². The van der Waals surface area contributed by atoms with Crippen LogP contribution >= 0.6 is 42.4 Å². The lowest BCUT2D eigenvalue weighted by molar-refractivity contribution is -0.383. The lowest BCUT2D eigenvalue weighted by Crippen LogP contribution is -2.43. The molecule has 2 aromatic carbocycles. The maximum atomic E-state index is 12.6. The van der Waals surface area contributed by atoms with Crippen molar-refractivity contribution in [1.82, 2.24) is 15.1 Å². The molecule has 1 atom stereocenters. The van der Waals surface area contributed by atoms with Gasteiger partial charge < -0.3 is 30.3 Å². The molecule has 0 bridgehead atoms. The van der Waals surface area contributed by atoms with Gasteiger partial charge in [-0.3, -0.25) is 29.6 Å². The van der Waals surface area contributed by atoms with Crippen LogP contribution in [0, 0.1) is 17.0 Å². The monoisotopic (exact) mass is 792 g/mol. The van der Waals surface area contributed by atoms with Gasteiger partial charge in [0, 0.05) is 7.11 Å². The van der Waals surface area contributed by atoms with E-state index in [1.807, 2.05) is 26.0 Å². The number of nitrogens with zero attached hydrogens (tertiary/aromatic N) is 4. The Balaban J connectivity index is 0.000000399. The Bertz CT molecular complexity index is 1670. The number of carboxylic acid groups (broad SMARTS) is 1. The molecule has 1 amide bonds. The van der Waals surface area contributed by atoms with Crippen molar-refractivity contribution in [3.05, 3.63) is 73.4 Å². The van der Waals surface area contributed by atoms with Crippen LogP contribution in [-0.4, -0.2) is 79.9 Å². The standard InChI is InChI=1S/C15H22ClNO2.C10H5Cl2F3N4O2.C3H8NO5P/c1-5-13-8-6-7-11(2)15(13)17(14(18)9-16)12(3)10-19-4;11-5-1-4(10(13,14)15)2-6(12)8(5)18-9(16)7(3-17-18)19(20)21;5-3(6)1-4-2-10(7,8)9/h6-8,12H,5,9-10H2,1-4H3;1-3H,16H2;4H,1-2H2,(H,5,6)(H2,7,8,9). The Morgan fingerprint density at radius 1 is 1.24 bits per heavy atom. The van der Waals surface area contributed by atoms with E-state index in [-0.39, 0.29) is 33.6 Å². The van der Waals surface area contributed by atoms with Gasteiger partial charge in [0.25, 0.3) is 0 Å². The van der Waals surface area contributed by atoms with Gasteiger partial charge in [-0.25, -0.2) is 4.68 Å². The van der Waals surface area contributed by atoms with Gasteiger partial charge in [-0.05, 0) is 43.5 Å². The average molecular weight is 794 g/mol. The Labute approximate surface area is 299 Å². The second-order valence-corrected chi connectivity index (χ2v) is 12.9. The van der Waals surface area contributed by atoms with Gasteiger partial charge in [0.1, 0.15) is 17.8 Å². The Morgan fingerprint density at radius 2 is 1.82 bits per heavy atom. The molecule has 0 aliphatic carbocycles. The molecular weight excluding hydrogens is 759 g/mol. The lowest BCUT2D eigenvalue weighted by Gasteiger charge is -2.31. The van der Waals surface area contributed by atoms with Gasteiger partial charge in [0.15, 0.2) is 0 Å². The summed E-state index contributed by atoms with van der Waals surface area (Å²) in [6.07, 6.45) is -3.50. The molecule has 0 fully saturated rings. The van der Waals surface area contributed by atoms with E-state index < -0.39 is 54.6 Å². The number of aliphatic carboxylic acids is 1. The van der Waals surface area contributed by atoms with E-state index >= 15 is 0 Å². The summed E-state index contributed by atoms with van der Waals surface area (Å²) in [6.45, 7) is 6.12. The highest BCUT2D eigenvalue weighted by Crippen LogP contribution is 2.39. The van der Waals surface area contributed by atoms with Gasteiger partial charge in [-0.1, -0.05) is 48.3 Å². The summed E-state index contributed by atoms with van der Waals surface area (Å²) in [7, 11) is -2.46. The number of benzene rings is 2. The average Bonchev–Trinajstić information content (AvgIpc) is 3.38. The third kappa shape index (κ3) is 13.3. The van der Waals surface area contributed by atoms with Crippen molar-refractivity contribution in [2.75, 3.05) is 43.1 Å². The number of hydrogen-bond acceptors (Lipinski definition) is 9. The summed E-state index contributed by atoms with van der Waals surface area (Å²) in [4.78, 5) is 50.0. The van der Waals surface area contributed by atoms with Crippen molar-refractivity contribution in [3.8, 4) is 5.69 Å². The van der Waals surface area contributed by atoms with Crippen molar-refractivity contribution >= 4 is 71.5 Å². The number of anilines is 2. The molecular formula is C28H35Cl3F3N6O9P. The molecule has 1 aromatic heterocycles. The van der Waals surface area contributed by atoms with E-state index in [0.29, 0.717) is 18.7 Å². The summed E-state index contributed by atoms with van der Waals surface area (Å²) in [5.74, 6) is -1.65. The van der Waals surface area contributed by atoms with E-state index in [0.717, 1.165) is 34.1 Å². The lowest BCUT2D eigenvalue weighted by atomic mass is 10.0. The van der Waals surface area contributed by atoms with Crippen LogP contribution in [-0.2, 0) is 31.5 Å². The number of nitrogen functional groups attached to an aromatic ring is 1. The van der Waals surface area contributed by atoms with Crippen molar-refractivity contribution in [2.24, 2.45) is 0 Å². The number of methoxy groups -OCH3 is 1. The number of alkyl halides is 4. The Morgan fingerprint density at radius 3 is 2.24 bits per heavy atom. The second-order valence-electron chi connectivity index (χ2n) is 10.2. The summed E-state index contributed by atoms with van der Waals surface area (Å²) in [5, 5.41) is 23.6. The minimum Gasteiger partial charge on any atom is -0.480 e. The fourth-order valence-electron chi connectivity index (χ4n) is 4.23. The predicted octanol–water partition coefficient (Wildman–Crippen LogP) is 5.65. The molecule has 15 nitrogen and oxygen atoms in total. The van der Waals surface area contributed by atoms with E-state index in [1.54, 1.807) is 12.0 Å². The molecule has 278 valence electrons. The van der Waals surface area contributed by atoms with E-state index in [4.69, 9.17) is 60.2 Å². The minimum atomic E-state index is -4.63. The highest BCUT2D eigenvalue weighted by molar-refractivity contribution is 7.51. The van der Waals surface area contributed by atoms with Crippen LogP contribution in [0.2, 0.25) is 10.0 Å². The third-order valence-electron chi connectivity index (χ3n) is 6.31. The first kappa shape index (κ1) is 44.5. The second kappa shape index (κ2) is 19.8. The quantitative estimate of drug-likeness (QED) is 0.0650. The topological polar surface area (TPSA) is 223 Å². The van der Waals surface area contributed by atoms with Gasteiger partial charge >= 0.3 is 25.4 Å². The molecule has 3 rings (SSSR count). The van der Waals surface area contributed by atoms with Crippen molar-refractivity contribution in [2.45, 2.75) is 39.4 Å². The third-order valence-corrected chi connectivity index (χ3v) is 7.75. The number of aryl methyl sites for hydroxylation is 2. The minimum absolute atomic E-state index is 0.0223. The number of carbonyl (C=O) groups is 2. The number of carbonyl (C=O) groups excluding carboxylic acids is 1. The fraction of sp³-hybridized carbons (Fsp3) is 0.393. The summed E-state index contributed by atoms with van der Waals surface area (Å²) >= 11 is 17.3. The summed E-state index contributed by atoms with van der Waals surface area (Å²) < 4.78 is 53.9. The zero-order valence-electron chi connectivity index (χ0n) is 26.9. The molecule has 3 aromatic rings. The normalized spacial score (nSPS) is 11.8. The number of hydrogen-bond donors (Lipinski definition) is 5. The first-order valence-corrected chi connectivity index (χ1v) is 17.2. The highest BCUT2D eigenvalue weighted by Gasteiger charge is 2.33. The molecule has 0 aliphatic rings. The molecule has 0 spiro atoms.